The first-order valence-electron chi connectivity index (χ1n) is 11.6. The van der Waals surface area contributed by atoms with Crippen LogP contribution in [0.1, 0.15) is 84.0 Å². The summed E-state index contributed by atoms with van der Waals surface area (Å²) in [6.45, 7) is 1.58. The van der Waals surface area contributed by atoms with Gasteiger partial charge in [-0.15, -0.1) is 0 Å². The number of carbonyl (C=O) groups excluding carboxylic acids is 2. The zero-order valence-electron chi connectivity index (χ0n) is 17.3. The van der Waals surface area contributed by atoms with Crippen LogP contribution < -0.4 is 16.1 Å². The first kappa shape index (κ1) is 20.1. The molecule has 6 nitrogen and oxygen atoms in total. The van der Waals surface area contributed by atoms with Gasteiger partial charge in [0.25, 0.3) is 0 Å². The zero-order chi connectivity index (χ0) is 19.5. The highest BCUT2D eigenvalue weighted by atomic mass is 16.7. The lowest BCUT2D eigenvalue weighted by Gasteiger charge is -2.36. The molecule has 4 unspecified atom stereocenters. The monoisotopic (exact) mass is 391 g/mol. The Labute approximate surface area is 168 Å². The minimum Gasteiger partial charge on any atom is -0.354 e. The summed E-state index contributed by atoms with van der Waals surface area (Å²) < 4.78 is 0. The average molecular weight is 392 g/mol. The Morgan fingerprint density at radius 1 is 0.857 bits per heavy atom. The second kappa shape index (κ2) is 9.12. The summed E-state index contributed by atoms with van der Waals surface area (Å²) in [4.78, 5) is 30.2. The summed E-state index contributed by atoms with van der Waals surface area (Å²) in [5.74, 6) is 1.58. The third kappa shape index (κ3) is 4.70. The normalized spacial score (nSPS) is 39.2. The van der Waals surface area contributed by atoms with E-state index in [-0.39, 0.29) is 29.8 Å². The molecule has 1 heterocycles. The predicted octanol–water partition coefficient (Wildman–Crippen LogP) is 2.82. The summed E-state index contributed by atoms with van der Waals surface area (Å²) >= 11 is 0. The molecule has 0 spiro atoms. The van der Waals surface area contributed by atoms with E-state index < -0.39 is 0 Å². The van der Waals surface area contributed by atoms with Crippen molar-refractivity contribution in [2.24, 2.45) is 17.8 Å². The number of hydrogen-bond acceptors (Lipinski definition) is 4. The van der Waals surface area contributed by atoms with E-state index in [4.69, 9.17) is 4.84 Å². The summed E-state index contributed by atoms with van der Waals surface area (Å²) in [5.41, 5.74) is 3.30. The van der Waals surface area contributed by atoms with Gasteiger partial charge >= 0.3 is 0 Å². The van der Waals surface area contributed by atoms with E-state index in [1.54, 1.807) is 6.92 Å². The van der Waals surface area contributed by atoms with Crippen LogP contribution in [0.25, 0.3) is 0 Å². The third-order valence-corrected chi connectivity index (χ3v) is 7.64. The number of carbonyl (C=O) groups is 2. The molecule has 0 bridgehead atoms. The molecule has 3 saturated carbocycles. The lowest BCUT2D eigenvalue weighted by molar-refractivity contribution is -0.128. The second-order valence-electron chi connectivity index (χ2n) is 9.64. The Morgan fingerprint density at radius 3 is 2.21 bits per heavy atom. The van der Waals surface area contributed by atoms with Crippen LogP contribution in [0.2, 0.25) is 0 Å². The number of rotatable bonds is 4. The summed E-state index contributed by atoms with van der Waals surface area (Å²) in [6, 6.07) is 0.977. The van der Waals surface area contributed by atoms with Gasteiger partial charge in [-0.3, -0.25) is 14.4 Å². The van der Waals surface area contributed by atoms with Gasteiger partial charge in [0.05, 0.1) is 6.10 Å². The number of amides is 2. The molecular weight excluding hydrogens is 354 g/mol. The van der Waals surface area contributed by atoms with E-state index in [2.05, 4.69) is 16.1 Å². The van der Waals surface area contributed by atoms with Gasteiger partial charge in [0.1, 0.15) is 0 Å². The van der Waals surface area contributed by atoms with Crippen LogP contribution in [0.4, 0.5) is 0 Å². The molecule has 4 aliphatic rings. The van der Waals surface area contributed by atoms with Crippen molar-refractivity contribution < 1.29 is 14.4 Å². The molecule has 1 saturated heterocycles. The van der Waals surface area contributed by atoms with Crippen LogP contribution in [-0.4, -0.2) is 36.0 Å². The molecule has 4 atom stereocenters. The van der Waals surface area contributed by atoms with E-state index in [0.717, 1.165) is 44.9 Å². The van der Waals surface area contributed by atoms with Crippen LogP contribution >= 0.6 is 0 Å². The molecule has 6 heteroatoms. The number of hydrogen-bond donors (Lipinski definition) is 3. The quantitative estimate of drug-likeness (QED) is 0.688. The Bertz CT molecular complexity index is 555. The van der Waals surface area contributed by atoms with Crippen LogP contribution in [0.5, 0.6) is 0 Å². The van der Waals surface area contributed by atoms with E-state index in [9.17, 15) is 9.59 Å². The van der Waals surface area contributed by atoms with Crippen molar-refractivity contribution in [3.63, 3.8) is 0 Å². The van der Waals surface area contributed by atoms with Crippen LogP contribution in [0, 0.1) is 17.8 Å². The van der Waals surface area contributed by atoms with Gasteiger partial charge in [-0.1, -0.05) is 19.3 Å². The van der Waals surface area contributed by atoms with Gasteiger partial charge in [-0.2, -0.15) is 5.48 Å². The van der Waals surface area contributed by atoms with Crippen LogP contribution in [0.15, 0.2) is 0 Å². The fraction of sp³-hybridized carbons (Fsp3) is 0.909. The van der Waals surface area contributed by atoms with Crippen molar-refractivity contribution in [1.29, 1.82) is 0 Å². The summed E-state index contributed by atoms with van der Waals surface area (Å²) in [7, 11) is 0. The molecule has 4 rings (SSSR count). The number of nitrogens with one attached hydrogen (secondary N) is 3. The van der Waals surface area contributed by atoms with E-state index in [0.29, 0.717) is 24.0 Å². The Balaban J connectivity index is 1.27. The topological polar surface area (TPSA) is 79.5 Å². The smallest absolute Gasteiger partial charge is 0.223 e. The molecule has 0 aromatic rings. The Morgan fingerprint density at radius 2 is 1.54 bits per heavy atom. The van der Waals surface area contributed by atoms with Crippen molar-refractivity contribution in [2.75, 3.05) is 0 Å². The van der Waals surface area contributed by atoms with E-state index in [1.165, 1.54) is 32.1 Å². The maximum atomic E-state index is 13.0. The maximum Gasteiger partial charge on any atom is 0.223 e. The maximum absolute atomic E-state index is 13.0. The molecule has 0 radical (unpaired) electrons. The van der Waals surface area contributed by atoms with E-state index >= 15 is 0 Å². The van der Waals surface area contributed by atoms with Crippen LogP contribution in [-0.2, 0) is 14.4 Å². The van der Waals surface area contributed by atoms with Crippen molar-refractivity contribution in [3.8, 4) is 0 Å². The largest absolute Gasteiger partial charge is 0.354 e. The molecule has 3 aliphatic carbocycles. The highest BCUT2D eigenvalue weighted by Crippen LogP contribution is 2.42. The van der Waals surface area contributed by atoms with Crippen molar-refractivity contribution in [1.82, 2.24) is 16.1 Å². The standard InChI is InChI=1S/C22H37N3O3/c1-14(26)23-17-8-10-18(11-9-17)24-22(27)16-7-12-20-19(13-16)21(28-25-20)15-5-3-2-4-6-15/h15-21,25H,2-13H2,1H3,(H,23,26)(H,24,27). The fourth-order valence-electron chi connectivity index (χ4n) is 6.10. The Hall–Kier alpha value is -1.14. The van der Waals surface area contributed by atoms with Crippen molar-refractivity contribution in [3.05, 3.63) is 0 Å². The van der Waals surface area contributed by atoms with Gasteiger partial charge in [0.15, 0.2) is 0 Å². The predicted molar refractivity (Wildman–Crippen MR) is 107 cm³/mol. The minimum absolute atomic E-state index is 0.0455. The lowest BCUT2D eigenvalue weighted by atomic mass is 9.71. The van der Waals surface area contributed by atoms with E-state index in [1.807, 2.05) is 0 Å². The molecule has 0 aromatic heterocycles. The van der Waals surface area contributed by atoms with Crippen LogP contribution in [0.3, 0.4) is 0 Å². The average Bonchev–Trinajstić information content (AvgIpc) is 3.13. The molecule has 3 N–H and O–H groups in total. The Kier molecular flexibility index (Phi) is 6.56. The zero-order valence-corrected chi connectivity index (χ0v) is 17.3. The SMILES string of the molecule is CC(=O)NC1CCC(NC(=O)C2CCC3NOC(C4CCCCC4)C3C2)CC1. The molecule has 0 aromatic carbocycles. The van der Waals surface area contributed by atoms with Gasteiger partial charge in [-0.05, 0) is 63.7 Å². The molecular formula is C22H37N3O3. The van der Waals surface area contributed by atoms with Gasteiger partial charge in [-0.25, -0.2) is 0 Å². The minimum atomic E-state index is 0.0455. The molecule has 28 heavy (non-hydrogen) atoms. The fourth-order valence-corrected chi connectivity index (χ4v) is 6.10. The third-order valence-electron chi connectivity index (χ3n) is 7.64. The molecule has 1 aliphatic heterocycles. The summed E-state index contributed by atoms with van der Waals surface area (Å²) in [5, 5.41) is 6.33. The highest BCUT2D eigenvalue weighted by Gasteiger charge is 2.46. The summed E-state index contributed by atoms with van der Waals surface area (Å²) in [6.07, 6.45) is 13.7. The van der Waals surface area contributed by atoms with Gasteiger partial charge in [0, 0.05) is 36.9 Å². The van der Waals surface area contributed by atoms with Gasteiger partial charge in [0.2, 0.25) is 11.8 Å². The molecule has 2 amide bonds. The first-order valence-corrected chi connectivity index (χ1v) is 11.6. The number of hydroxylamine groups is 1. The van der Waals surface area contributed by atoms with Gasteiger partial charge < -0.3 is 10.6 Å². The number of fused-ring (bicyclic) bond motifs is 1. The first-order chi connectivity index (χ1) is 13.6. The highest BCUT2D eigenvalue weighted by molar-refractivity contribution is 5.79. The second-order valence-corrected chi connectivity index (χ2v) is 9.64. The molecule has 4 fully saturated rings. The molecule has 158 valence electrons. The lowest BCUT2D eigenvalue weighted by Crippen LogP contribution is -2.47. The van der Waals surface area contributed by atoms with Crippen molar-refractivity contribution in [2.45, 2.75) is 108 Å². The van der Waals surface area contributed by atoms with Crippen molar-refractivity contribution >= 4 is 11.8 Å².